The summed E-state index contributed by atoms with van der Waals surface area (Å²) in [6, 6.07) is 7.84. The molecule has 0 bridgehead atoms. The fraction of sp³-hybridized carbons (Fsp3) is 0.267. The molecule has 0 aliphatic carbocycles. The molecule has 1 aromatic carbocycles. The summed E-state index contributed by atoms with van der Waals surface area (Å²) in [6.07, 6.45) is 1.65. The Bertz CT molecular complexity index is 647. The number of carboxylic acid groups (broad SMARTS) is 1. The Morgan fingerprint density at radius 1 is 1.20 bits per heavy atom. The molecule has 104 valence electrons. The van der Waals surface area contributed by atoms with Gasteiger partial charge in [-0.15, -0.1) is 0 Å². The van der Waals surface area contributed by atoms with E-state index in [-0.39, 0.29) is 5.92 Å². The number of nitrogens with one attached hydrogen (secondary N) is 1. The zero-order valence-electron chi connectivity index (χ0n) is 11.3. The van der Waals surface area contributed by atoms with Gasteiger partial charge in [-0.2, -0.15) is 0 Å². The van der Waals surface area contributed by atoms with Gasteiger partial charge in [-0.1, -0.05) is 26.0 Å². The molecule has 0 aliphatic heterocycles. The summed E-state index contributed by atoms with van der Waals surface area (Å²) in [5, 5.41) is 12.4. The smallest absolute Gasteiger partial charge is 0.326 e. The van der Waals surface area contributed by atoms with Crippen molar-refractivity contribution in [3.63, 3.8) is 0 Å². The van der Waals surface area contributed by atoms with E-state index < -0.39 is 17.9 Å². The van der Waals surface area contributed by atoms with E-state index >= 15 is 0 Å². The number of pyridine rings is 1. The van der Waals surface area contributed by atoms with Crippen molar-refractivity contribution < 1.29 is 14.7 Å². The lowest BCUT2D eigenvalue weighted by Crippen LogP contribution is -2.44. The first-order valence-electron chi connectivity index (χ1n) is 6.38. The van der Waals surface area contributed by atoms with Gasteiger partial charge in [0.2, 0.25) is 0 Å². The highest BCUT2D eigenvalue weighted by molar-refractivity contribution is 6.07. The summed E-state index contributed by atoms with van der Waals surface area (Å²) < 4.78 is 0. The number of carboxylic acids is 1. The summed E-state index contributed by atoms with van der Waals surface area (Å²) in [5.74, 6) is -1.62. The van der Waals surface area contributed by atoms with E-state index in [0.717, 1.165) is 0 Å². The van der Waals surface area contributed by atoms with Gasteiger partial charge in [0, 0.05) is 17.1 Å². The molecule has 1 amide bonds. The molecular weight excluding hydrogens is 256 g/mol. The first-order chi connectivity index (χ1) is 9.50. The van der Waals surface area contributed by atoms with Crippen LogP contribution in [0.25, 0.3) is 10.9 Å². The van der Waals surface area contributed by atoms with Crippen molar-refractivity contribution in [2.45, 2.75) is 19.9 Å². The Kier molecular flexibility index (Phi) is 3.98. The predicted molar refractivity (Wildman–Crippen MR) is 75.5 cm³/mol. The maximum Gasteiger partial charge on any atom is 0.326 e. The van der Waals surface area contributed by atoms with Gasteiger partial charge in [-0.25, -0.2) is 4.79 Å². The molecule has 1 heterocycles. The first kappa shape index (κ1) is 14.0. The van der Waals surface area contributed by atoms with E-state index in [1.165, 1.54) is 0 Å². The second-order valence-electron chi connectivity index (χ2n) is 4.91. The fourth-order valence-corrected chi connectivity index (χ4v) is 2.03. The second-order valence-corrected chi connectivity index (χ2v) is 4.91. The Hall–Kier alpha value is -2.43. The SMILES string of the molecule is CC(C)C(NC(=O)c1cccc2ncccc12)C(=O)O. The van der Waals surface area contributed by atoms with Gasteiger partial charge in [0.15, 0.2) is 0 Å². The van der Waals surface area contributed by atoms with Crippen molar-refractivity contribution in [1.29, 1.82) is 0 Å². The third-order valence-corrected chi connectivity index (χ3v) is 3.11. The lowest BCUT2D eigenvalue weighted by molar-refractivity contribution is -0.140. The van der Waals surface area contributed by atoms with Gasteiger partial charge in [0.25, 0.3) is 5.91 Å². The summed E-state index contributed by atoms with van der Waals surface area (Å²) in [6.45, 7) is 3.51. The van der Waals surface area contributed by atoms with Crippen LogP contribution >= 0.6 is 0 Å². The van der Waals surface area contributed by atoms with Crippen LogP contribution in [0.4, 0.5) is 0 Å². The number of nitrogens with zero attached hydrogens (tertiary/aromatic N) is 1. The van der Waals surface area contributed by atoms with E-state index in [0.29, 0.717) is 16.5 Å². The van der Waals surface area contributed by atoms with E-state index in [9.17, 15) is 9.59 Å². The Morgan fingerprint density at radius 2 is 1.95 bits per heavy atom. The van der Waals surface area contributed by atoms with Gasteiger partial charge >= 0.3 is 5.97 Å². The highest BCUT2D eigenvalue weighted by Gasteiger charge is 2.24. The van der Waals surface area contributed by atoms with Crippen molar-refractivity contribution in [3.05, 3.63) is 42.1 Å². The molecule has 2 aromatic rings. The van der Waals surface area contributed by atoms with Crippen LogP contribution in [-0.4, -0.2) is 28.0 Å². The van der Waals surface area contributed by atoms with E-state index in [1.807, 2.05) is 6.07 Å². The zero-order chi connectivity index (χ0) is 14.7. The standard InChI is InChI=1S/C15H16N2O3/c1-9(2)13(15(19)20)17-14(18)11-5-3-7-12-10(11)6-4-8-16-12/h3-9,13H,1-2H3,(H,17,18)(H,19,20). The van der Waals surface area contributed by atoms with Gasteiger partial charge in [0.05, 0.1) is 5.52 Å². The lowest BCUT2D eigenvalue weighted by Gasteiger charge is -2.18. The number of rotatable bonds is 4. The highest BCUT2D eigenvalue weighted by atomic mass is 16.4. The average Bonchev–Trinajstić information content (AvgIpc) is 2.43. The summed E-state index contributed by atoms with van der Waals surface area (Å²) >= 11 is 0. The van der Waals surface area contributed by atoms with E-state index in [4.69, 9.17) is 5.11 Å². The lowest BCUT2D eigenvalue weighted by atomic mass is 10.0. The van der Waals surface area contributed by atoms with Crippen LogP contribution in [0.1, 0.15) is 24.2 Å². The summed E-state index contributed by atoms with van der Waals surface area (Å²) in [7, 11) is 0. The van der Waals surface area contributed by atoms with Crippen LogP contribution in [0.2, 0.25) is 0 Å². The van der Waals surface area contributed by atoms with Crippen LogP contribution < -0.4 is 5.32 Å². The number of hydrogen-bond acceptors (Lipinski definition) is 3. The number of amides is 1. The van der Waals surface area contributed by atoms with Crippen molar-refractivity contribution in [2.24, 2.45) is 5.92 Å². The average molecular weight is 272 g/mol. The number of hydrogen-bond donors (Lipinski definition) is 2. The van der Waals surface area contributed by atoms with Crippen LogP contribution in [0.3, 0.4) is 0 Å². The van der Waals surface area contributed by atoms with Crippen LogP contribution in [-0.2, 0) is 4.79 Å². The third-order valence-electron chi connectivity index (χ3n) is 3.11. The molecule has 2 rings (SSSR count). The topological polar surface area (TPSA) is 79.3 Å². The Labute approximate surface area is 116 Å². The molecule has 0 radical (unpaired) electrons. The second kappa shape index (κ2) is 5.69. The van der Waals surface area contributed by atoms with Gasteiger partial charge < -0.3 is 10.4 Å². The van der Waals surface area contributed by atoms with Gasteiger partial charge in [-0.3, -0.25) is 9.78 Å². The molecule has 0 fully saturated rings. The van der Waals surface area contributed by atoms with Crippen molar-refractivity contribution in [1.82, 2.24) is 10.3 Å². The summed E-state index contributed by atoms with van der Waals surface area (Å²) in [5.41, 5.74) is 1.14. The number of carbonyl (C=O) groups is 2. The maximum absolute atomic E-state index is 12.3. The molecule has 0 saturated carbocycles. The largest absolute Gasteiger partial charge is 0.480 e. The minimum atomic E-state index is -1.04. The Balaban J connectivity index is 2.34. The molecule has 0 spiro atoms. The van der Waals surface area contributed by atoms with Crippen LogP contribution in [0, 0.1) is 5.92 Å². The van der Waals surface area contributed by atoms with Crippen LogP contribution in [0.5, 0.6) is 0 Å². The molecule has 1 unspecified atom stereocenters. The molecule has 5 nitrogen and oxygen atoms in total. The molecule has 2 N–H and O–H groups in total. The number of carbonyl (C=O) groups excluding carboxylic acids is 1. The Morgan fingerprint density at radius 3 is 2.60 bits per heavy atom. The van der Waals surface area contributed by atoms with E-state index in [1.54, 1.807) is 44.3 Å². The zero-order valence-corrected chi connectivity index (χ0v) is 11.3. The fourth-order valence-electron chi connectivity index (χ4n) is 2.03. The molecular formula is C15H16N2O3. The molecule has 0 aliphatic rings. The first-order valence-corrected chi connectivity index (χ1v) is 6.38. The quantitative estimate of drug-likeness (QED) is 0.893. The van der Waals surface area contributed by atoms with E-state index in [2.05, 4.69) is 10.3 Å². The predicted octanol–water partition coefficient (Wildman–Crippen LogP) is 2.07. The normalized spacial score (nSPS) is 12.3. The molecule has 0 saturated heterocycles. The number of aromatic nitrogens is 1. The summed E-state index contributed by atoms with van der Waals surface area (Å²) in [4.78, 5) is 27.6. The molecule has 5 heteroatoms. The molecule has 1 atom stereocenters. The van der Waals surface area contributed by atoms with Gasteiger partial charge in [0.1, 0.15) is 6.04 Å². The number of aliphatic carboxylic acids is 1. The number of fused-ring (bicyclic) bond motifs is 1. The van der Waals surface area contributed by atoms with Crippen LogP contribution in [0.15, 0.2) is 36.5 Å². The highest BCUT2D eigenvalue weighted by Crippen LogP contribution is 2.16. The monoisotopic (exact) mass is 272 g/mol. The van der Waals surface area contributed by atoms with Gasteiger partial charge in [-0.05, 0) is 24.1 Å². The minimum Gasteiger partial charge on any atom is -0.480 e. The molecule has 20 heavy (non-hydrogen) atoms. The minimum absolute atomic E-state index is 0.190. The molecule has 1 aromatic heterocycles. The van der Waals surface area contributed by atoms with Crippen molar-refractivity contribution in [3.8, 4) is 0 Å². The van der Waals surface area contributed by atoms with Crippen molar-refractivity contribution >= 4 is 22.8 Å². The van der Waals surface area contributed by atoms with Crippen molar-refractivity contribution in [2.75, 3.05) is 0 Å². The maximum atomic E-state index is 12.3. The third kappa shape index (κ3) is 2.77. The number of benzene rings is 1.